The molecule has 122 valence electrons. The Labute approximate surface area is 135 Å². The average Bonchev–Trinajstić information content (AvgIpc) is 3.13. The number of rotatable bonds is 4. The highest BCUT2D eigenvalue weighted by molar-refractivity contribution is 7.09. The number of carbonyl (C=O) groups excluding carboxylic acids is 1. The molecular weight excluding hydrogens is 300 g/mol. The van der Waals surface area contributed by atoms with Crippen molar-refractivity contribution in [3.63, 3.8) is 0 Å². The molecule has 0 spiro atoms. The number of fused-ring (bicyclic) bond motifs is 1. The first-order valence-corrected chi connectivity index (χ1v) is 8.61. The molecule has 3 rings (SSSR count). The van der Waals surface area contributed by atoms with Crippen LogP contribution in [0, 0.1) is 18.8 Å². The molecule has 1 aromatic heterocycles. The molecule has 2 aliphatic rings. The Bertz CT molecular complexity index is 533. The standard InChI is InChI=1S/C15H24N4O2S/c1-10-9-22-14(17-10)7-19-5-12-11(8-21-13(12)6-19)4-16-15(20)18(2)3/h9,11-13H,4-8H2,1-3H3,(H,16,20)/t11-,12+,13+/m1/s1. The van der Waals surface area contributed by atoms with Gasteiger partial charge < -0.3 is 15.0 Å². The molecule has 0 radical (unpaired) electrons. The van der Waals surface area contributed by atoms with Crippen LogP contribution in [0.25, 0.3) is 0 Å². The van der Waals surface area contributed by atoms with Crippen molar-refractivity contribution in [1.82, 2.24) is 20.1 Å². The minimum Gasteiger partial charge on any atom is -0.376 e. The fourth-order valence-corrected chi connectivity index (χ4v) is 4.08. The normalized spacial score (nSPS) is 27.9. The lowest BCUT2D eigenvalue weighted by atomic mass is 9.93. The second kappa shape index (κ2) is 6.52. The maximum absolute atomic E-state index is 11.7. The third-order valence-electron chi connectivity index (χ3n) is 4.46. The van der Waals surface area contributed by atoms with Crippen LogP contribution in [0.3, 0.4) is 0 Å². The summed E-state index contributed by atoms with van der Waals surface area (Å²) in [7, 11) is 3.52. The van der Waals surface area contributed by atoms with Crippen LogP contribution in [0.2, 0.25) is 0 Å². The summed E-state index contributed by atoms with van der Waals surface area (Å²) < 4.78 is 5.93. The van der Waals surface area contributed by atoms with Gasteiger partial charge in [-0.2, -0.15) is 0 Å². The molecule has 3 atom stereocenters. The average molecular weight is 324 g/mol. The van der Waals surface area contributed by atoms with Gasteiger partial charge in [-0.3, -0.25) is 4.90 Å². The number of urea groups is 1. The molecule has 0 unspecified atom stereocenters. The molecule has 0 aromatic carbocycles. The van der Waals surface area contributed by atoms with Crippen LogP contribution in [0.4, 0.5) is 4.79 Å². The van der Waals surface area contributed by atoms with E-state index in [1.165, 1.54) is 5.01 Å². The summed E-state index contributed by atoms with van der Waals surface area (Å²) in [6.45, 7) is 6.40. The molecule has 7 heteroatoms. The summed E-state index contributed by atoms with van der Waals surface area (Å²) in [4.78, 5) is 20.2. The van der Waals surface area contributed by atoms with Crippen LogP contribution in [-0.4, -0.2) is 67.3 Å². The Hall–Kier alpha value is -1.18. The van der Waals surface area contributed by atoms with Gasteiger partial charge in [0.05, 0.1) is 19.3 Å². The van der Waals surface area contributed by atoms with Gasteiger partial charge in [0.1, 0.15) is 5.01 Å². The fraction of sp³-hybridized carbons (Fsp3) is 0.733. The van der Waals surface area contributed by atoms with Gasteiger partial charge in [-0.15, -0.1) is 11.3 Å². The zero-order valence-corrected chi connectivity index (χ0v) is 14.2. The molecule has 0 saturated carbocycles. The van der Waals surface area contributed by atoms with E-state index in [0.29, 0.717) is 24.5 Å². The summed E-state index contributed by atoms with van der Waals surface area (Å²) in [6.07, 6.45) is 0.308. The molecular formula is C15H24N4O2S. The van der Waals surface area contributed by atoms with Crippen LogP contribution in [0.15, 0.2) is 5.38 Å². The molecule has 6 nitrogen and oxygen atoms in total. The minimum atomic E-state index is -0.0310. The number of thiazole rings is 1. The monoisotopic (exact) mass is 324 g/mol. The topological polar surface area (TPSA) is 57.7 Å². The lowest BCUT2D eigenvalue weighted by Crippen LogP contribution is -2.39. The Morgan fingerprint density at radius 2 is 2.36 bits per heavy atom. The summed E-state index contributed by atoms with van der Waals surface area (Å²) in [5.41, 5.74) is 1.10. The number of nitrogens with one attached hydrogen (secondary N) is 1. The van der Waals surface area contributed by atoms with E-state index in [1.54, 1.807) is 30.3 Å². The van der Waals surface area contributed by atoms with Crippen molar-refractivity contribution in [2.24, 2.45) is 11.8 Å². The van der Waals surface area contributed by atoms with Crippen LogP contribution < -0.4 is 5.32 Å². The molecule has 2 saturated heterocycles. The van der Waals surface area contributed by atoms with Gasteiger partial charge in [-0.05, 0) is 6.92 Å². The van der Waals surface area contributed by atoms with Gasteiger partial charge in [0.2, 0.25) is 0 Å². The highest BCUT2D eigenvalue weighted by Crippen LogP contribution is 2.34. The zero-order valence-electron chi connectivity index (χ0n) is 13.4. The molecule has 0 bridgehead atoms. The number of aromatic nitrogens is 1. The summed E-state index contributed by atoms with van der Waals surface area (Å²) in [6, 6.07) is -0.0310. The predicted molar refractivity (Wildman–Crippen MR) is 85.9 cm³/mol. The Balaban J connectivity index is 1.51. The van der Waals surface area contributed by atoms with Crippen molar-refractivity contribution < 1.29 is 9.53 Å². The number of aryl methyl sites for hydroxylation is 1. The Kier molecular flexibility index (Phi) is 4.65. The third-order valence-corrected chi connectivity index (χ3v) is 5.41. The van der Waals surface area contributed by atoms with Crippen molar-refractivity contribution in [3.8, 4) is 0 Å². The van der Waals surface area contributed by atoms with Crippen molar-refractivity contribution >= 4 is 17.4 Å². The van der Waals surface area contributed by atoms with Gasteiger partial charge >= 0.3 is 6.03 Å². The molecule has 22 heavy (non-hydrogen) atoms. The number of ether oxygens (including phenoxy) is 1. The molecule has 2 aliphatic heterocycles. The number of hydrogen-bond donors (Lipinski definition) is 1. The quantitative estimate of drug-likeness (QED) is 0.903. The molecule has 1 aromatic rings. The van der Waals surface area contributed by atoms with E-state index in [1.807, 2.05) is 6.92 Å². The van der Waals surface area contributed by atoms with Crippen molar-refractivity contribution in [2.75, 3.05) is 40.3 Å². The van der Waals surface area contributed by atoms with E-state index in [4.69, 9.17) is 4.74 Å². The van der Waals surface area contributed by atoms with E-state index in [0.717, 1.165) is 31.9 Å². The fourth-order valence-electron chi connectivity index (χ4n) is 3.26. The van der Waals surface area contributed by atoms with Gasteiger partial charge in [-0.25, -0.2) is 9.78 Å². The SMILES string of the molecule is Cc1csc(CN2C[C@H]3[C@H](CNC(=O)N(C)C)CO[C@H]3C2)n1. The van der Waals surface area contributed by atoms with Crippen molar-refractivity contribution in [2.45, 2.75) is 19.6 Å². The van der Waals surface area contributed by atoms with Gasteiger partial charge in [0, 0.05) is 56.6 Å². The minimum absolute atomic E-state index is 0.0310. The number of nitrogens with zero attached hydrogens (tertiary/aromatic N) is 3. The first kappa shape index (κ1) is 15.7. The van der Waals surface area contributed by atoms with Crippen molar-refractivity contribution in [1.29, 1.82) is 0 Å². The lowest BCUT2D eigenvalue weighted by molar-refractivity contribution is 0.0940. The Morgan fingerprint density at radius 3 is 3.05 bits per heavy atom. The molecule has 0 aliphatic carbocycles. The lowest BCUT2D eigenvalue weighted by Gasteiger charge is -2.20. The molecule has 1 N–H and O–H groups in total. The zero-order chi connectivity index (χ0) is 15.7. The van der Waals surface area contributed by atoms with Crippen LogP contribution in [-0.2, 0) is 11.3 Å². The van der Waals surface area contributed by atoms with Gasteiger partial charge in [0.25, 0.3) is 0 Å². The van der Waals surface area contributed by atoms with E-state index >= 15 is 0 Å². The van der Waals surface area contributed by atoms with E-state index < -0.39 is 0 Å². The third kappa shape index (κ3) is 3.42. The highest BCUT2D eigenvalue weighted by Gasteiger charge is 2.43. The van der Waals surface area contributed by atoms with Gasteiger partial charge in [-0.1, -0.05) is 0 Å². The van der Waals surface area contributed by atoms with E-state index in [9.17, 15) is 4.79 Å². The largest absolute Gasteiger partial charge is 0.376 e. The van der Waals surface area contributed by atoms with E-state index in [2.05, 4.69) is 20.6 Å². The van der Waals surface area contributed by atoms with E-state index in [-0.39, 0.29) is 6.03 Å². The second-order valence-electron chi connectivity index (χ2n) is 6.45. The van der Waals surface area contributed by atoms with Gasteiger partial charge in [0.15, 0.2) is 0 Å². The summed E-state index contributed by atoms with van der Waals surface area (Å²) >= 11 is 1.73. The first-order chi connectivity index (χ1) is 10.5. The second-order valence-corrected chi connectivity index (χ2v) is 7.40. The smallest absolute Gasteiger partial charge is 0.316 e. The maximum atomic E-state index is 11.7. The first-order valence-electron chi connectivity index (χ1n) is 7.73. The highest BCUT2D eigenvalue weighted by atomic mass is 32.1. The number of amides is 2. The number of hydrogen-bond acceptors (Lipinski definition) is 5. The summed E-state index contributed by atoms with van der Waals surface area (Å²) in [5, 5.41) is 6.26. The molecule has 2 fully saturated rings. The van der Waals surface area contributed by atoms with Crippen LogP contribution in [0.5, 0.6) is 0 Å². The number of likely N-dealkylation sites (tertiary alicyclic amines) is 1. The predicted octanol–water partition coefficient (Wildman–Crippen LogP) is 1.17. The summed E-state index contributed by atoms with van der Waals surface area (Å²) in [5.74, 6) is 0.931. The number of carbonyl (C=O) groups is 1. The molecule has 2 amide bonds. The maximum Gasteiger partial charge on any atom is 0.316 e. The van der Waals surface area contributed by atoms with Crippen LogP contribution in [0.1, 0.15) is 10.7 Å². The Morgan fingerprint density at radius 1 is 1.55 bits per heavy atom. The van der Waals surface area contributed by atoms with Crippen LogP contribution >= 0.6 is 11.3 Å². The molecule has 3 heterocycles. The van der Waals surface area contributed by atoms with Crippen molar-refractivity contribution in [3.05, 3.63) is 16.1 Å².